The summed E-state index contributed by atoms with van der Waals surface area (Å²) in [6.07, 6.45) is 3.89. The van der Waals surface area contributed by atoms with E-state index < -0.39 is 0 Å². The van der Waals surface area contributed by atoms with E-state index in [1.54, 1.807) is 11.8 Å². The second kappa shape index (κ2) is 6.03. The Kier molecular flexibility index (Phi) is 4.39. The lowest BCUT2D eigenvalue weighted by atomic mass is 9.92. The number of nitrogens with zero attached hydrogens (tertiary/aromatic N) is 1. The highest BCUT2D eigenvalue weighted by Gasteiger charge is 2.17. The third-order valence-corrected chi connectivity index (χ3v) is 3.94. The molecule has 2 aromatic rings. The molecular weight excluding hydrogens is 240 g/mol. The van der Waals surface area contributed by atoms with E-state index in [9.17, 15) is 0 Å². The van der Waals surface area contributed by atoms with E-state index in [0.29, 0.717) is 0 Å². The highest BCUT2D eigenvalue weighted by Crippen LogP contribution is 2.28. The monoisotopic (exact) mass is 258 g/mol. The van der Waals surface area contributed by atoms with E-state index in [2.05, 4.69) is 42.4 Å². The van der Waals surface area contributed by atoms with Crippen molar-refractivity contribution < 1.29 is 0 Å². The summed E-state index contributed by atoms with van der Waals surface area (Å²) < 4.78 is 0. The van der Waals surface area contributed by atoms with E-state index >= 15 is 0 Å². The Labute approximate surface area is 113 Å². The lowest BCUT2D eigenvalue weighted by Gasteiger charge is -2.20. The molecule has 0 aliphatic carbocycles. The Hall–Kier alpha value is -1.32. The van der Waals surface area contributed by atoms with E-state index in [1.165, 1.54) is 4.90 Å². The van der Waals surface area contributed by atoms with Gasteiger partial charge in [0.25, 0.3) is 0 Å². The van der Waals surface area contributed by atoms with E-state index in [1.807, 2.05) is 24.4 Å². The molecule has 0 bridgehead atoms. The van der Waals surface area contributed by atoms with Crippen LogP contribution >= 0.6 is 11.8 Å². The van der Waals surface area contributed by atoms with Crippen LogP contribution in [0.5, 0.6) is 0 Å². The van der Waals surface area contributed by atoms with Gasteiger partial charge in [-0.05, 0) is 36.1 Å². The molecule has 2 atom stereocenters. The van der Waals surface area contributed by atoms with E-state index in [0.717, 1.165) is 11.3 Å². The van der Waals surface area contributed by atoms with Gasteiger partial charge >= 0.3 is 0 Å². The van der Waals surface area contributed by atoms with Gasteiger partial charge in [-0.1, -0.05) is 25.1 Å². The Morgan fingerprint density at radius 1 is 1.11 bits per heavy atom. The van der Waals surface area contributed by atoms with Gasteiger partial charge in [0.1, 0.15) is 0 Å². The summed E-state index contributed by atoms with van der Waals surface area (Å²) in [4.78, 5) is 5.64. The van der Waals surface area contributed by atoms with E-state index in [-0.39, 0.29) is 12.0 Å². The SMILES string of the molecule is CSc1ccc(C(N)C(C)c2ccccn2)cc1. The molecule has 2 rings (SSSR count). The van der Waals surface area contributed by atoms with Crippen LogP contribution in [-0.4, -0.2) is 11.2 Å². The molecule has 0 aliphatic rings. The summed E-state index contributed by atoms with van der Waals surface area (Å²) in [5, 5.41) is 0. The molecule has 0 spiro atoms. The number of aromatic nitrogens is 1. The van der Waals surface area contributed by atoms with Gasteiger partial charge in [-0.3, -0.25) is 4.98 Å². The fraction of sp³-hybridized carbons (Fsp3) is 0.267. The van der Waals surface area contributed by atoms with Gasteiger partial charge < -0.3 is 5.73 Å². The number of rotatable bonds is 4. The predicted octanol–water partition coefficient (Wildman–Crippen LogP) is 3.61. The molecule has 18 heavy (non-hydrogen) atoms. The quantitative estimate of drug-likeness (QED) is 0.851. The van der Waals surface area contributed by atoms with Crippen LogP contribution in [-0.2, 0) is 0 Å². The Balaban J connectivity index is 2.17. The maximum absolute atomic E-state index is 6.32. The Bertz CT molecular complexity index is 482. The predicted molar refractivity (Wildman–Crippen MR) is 77.8 cm³/mol. The minimum Gasteiger partial charge on any atom is -0.323 e. The first-order chi connectivity index (χ1) is 8.72. The van der Waals surface area contributed by atoms with Crippen molar-refractivity contribution in [2.75, 3.05) is 6.26 Å². The van der Waals surface area contributed by atoms with Gasteiger partial charge in [0, 0.05) is 28.7 Å². The van der Waals surface area contributed by atoms with Gasteiger partial charge in [-0.2, -0.15) is 0 Å². The summed E-state index contributed by atoms with van der Waals surface area (Å²) in [5.41, 5.74) is 8.51. The fourth-order valence-corrected chi connectivity index (χ4v) is 2.35. The lowest BCUT2D eigenvalue weighted by molar-refractivity contribution is 0.583. The van der Waals surface area contributed by atoms with Crippen LogP contribution in [0.3, 0.4) is 0 Å². The Morgan fingerprint density at radius 2 is 1.83 bits per heavy atom. The normalized spacial score (nSPS) is 14.2. The van der Waals surface area contributed by atoms with Crippen LogP contribution < -0.4 is 5.73 Å². The number of nitrogens with two attached hydrogens (primary N) is 1. The molecule has 1 heterocycles. The standard InChI is InChI=1S/C15H18N2S/c1-11(14-5-3-4-10-17-14)15(16)12-6-8-13(18-2)9-7-12/h3-11,15H,16H2,1-2H3. The molecule has 0 saturated heterocycles. The van der Waals surface area contributed by atoms with Gasteiger partial charge in [-0.25, -0.2) is 0 Å². The summed E-state index contributed by atoms with van der Waals surface area (Å²) in [6.45, 7) is 2.12. The second-order valence-electron chi connectivity index (χ2n) is 4.34. The molecule has 3 heteroatoms. The van der Waals surface area contributed by atoms with Crippen molar-refractivity contribution in [3.05, 3.63) is 59.9 Å². The zero-order valence-corrected chi connectivity index (χ0v) is 11.5. The largest absolute Gasteiger partial charge is 0.323 e. The second-order valence-corrected chi connectivity index (χ2v) is 5.22. The summed E-state index contributed by atoms with van der Waals surface area (Å²) >= 11 is 1.74. The molecule has 2 N–H and O–H groups in total. The summed E-state index contributed by atoms with van der Waals surface area (Å²) in [5.74, 6) is 0.214. The van der Waals surface area contributed by atoms with Gasteiger partial charge in [0.15, 0.2) is 0 Å². The average Bonchev–Trinajstić information content (AvgIpc) is 2.47. The molecule has 2 unspecified atom stereocenters. The topological polar surface area (TPSA) is 38.9 Å². The molecular formula is C15H18N2S. The third-order valence-electron chi connectivity index (χ3n) is 3.19. The molecule has 1 aromatic heterocycles. The third kappa shape index (κ3) is 2.92. The fourth-order valence-electron chi connectivity index (χ4n) is 1.94. The van der Waals surface area contributed by atoms with Crippen LogP contribution in [0, 0.1) is 0 Å². The van der Waals surface area contributed by atoms with Crippen molar-refractivity contribution in [1.29, 1.82) is 0 Å². The zero-order valence-electron chi connectivity index (χ0n) is 10.7. The molecule has 0 aliphatic heterocycles. The van der Waals surface area contributed by atoms with Crippen molar-refractivity contribution >= 4 is 11.8 Å². The first kappa shape index (κ1) is 13.1. The van der Waals surface area contributed by atoms with Crippen LogP contribution in [0.2, 0.25) is 0 Å². The average molecular weight is 258 g/mol. The minimum absolute atomic E-state index is 0.0178. The smallest absolute Gasteiger partial charge is 0.0450 e. The molecule has 0 fully saturated rings. The number of hydrogen-bond acceptors (Lipinski definition) is 3. The summed E-state index contributed by atoms with van der Waals surface area (Å²) in [6, 6.07) is 14.4. The molecule has 2 nitrogen and oxygen atoms in total. The molecule has 1 aromatic carbocycles. The molecule has 0 radical (unpaired) electrons. The lowest BCUT2D eigenvalue weighted by Crippen LogP contribution is -2.18. The van der Waals surface area contributed by atoms with Crippen LogP contribution in [0.4, 0.5) is 0 Å². The van der Waals surface area contributed by atoms with Gasteiger partial charge in [0.2, 0.25) is 0 Å². The molecule has 94 valence electrons. The van der Waals surface area contributed by atoms with Crippen LogP contribution in [0.25, 0.3) is 0 Å². The minimum atomic E-state index is -0.0178. The van der Waals surface area contributed by atoms with Crippen LogP contribution in [0.15, 0.2) is 53.6 Å². The summed E-state index contributed by atoms with van der Waals surface area (Å²) in [7, 11) is 0. The zero-order chi connectivity index (χ0) is 13.0. The van der Waals surface area contributed by atoms with Crippen LogP contribution in [0.1, 0.15) is 30.1 Å². The Morgan fingerprint density at radius 3 is 2.39 bits per heavy atom. The van der Waals surface area contributed by atoms with Crippen molar-refractivity contribution in [2.24, 2.45) is 5.73 Å². The molecule has 0 amide bonds. The highest BCUT2D eigenvalue weighted by atomic mass is 32.2. The first-order valence-corrected chi connectivity index (χ1v) is 7.25. The van der Waals surface area contributed by atoms with Crippen molar-refractivity contribution in [3.8, 4) is 0 Å². The van der Waals surface area contributed by atoms with Crippen molar-refractivity contribution in [2.45, 2.75) is 23.8 Å². The maximum Gasteiger partial charge on any atom is 0.0450 e. The van der Waals surface area contributed by atoms with E-state index in [4.69, 9.17) is 5.73 Å². The molecule has 0 saturated carbocycles. The maximum atomic E-state index is 6.32. The van der Waals surface area contributed by atoms with Gasteiger partial charge in [-0.15, -0.1) is 11.8 Å². The number of thioether (sulfide) groups is 1. The highest BCUT2D eigenvalue weighted by molar-refractivity contribution is 7.98. The van der Waals surface area contributed by atoms with Gasteiger partial charge in [0.05, 0.1) is 0 Å². The number of benzene rings is 1. The first-order valence-electron chi connectivity index (χ1n) is 6.03. The number of pyridine rings is 1. The van der Waals surface area contributed by atoms with Crippen molar-refractivity contribution in [1.82, 2.24) is 4.98 Å². The number of hydrogen-bond donors (Lipinski definition) is 1. The van der Waals surface area contributed by atoms with Crippen molar-refractivity contribution in [3.63, 3.8) is 0 Å².